The molecule has 0 saturated carbocycles. The topological polar surface area (TPSA) is 57.7 Å². The fourth-order valence-electron chi connectivity index (χ4n) is 3.93. The van der Waals surface area contributed by atoms with Gasteiger partial charge in [0, 0.05) is 17.3 Å². The third-order valence-corrected chi connectivity index (χ3v) is 6.54. The molecule has 1 aliphatic heterocycles. The summed E-state index contributed by atoms with van der Waals surface area (Å²) in [5.74, 6) is -0.0760. The summed E-state index contributed by atoms with van der Waals surface area (Å²) in [6.07, 6.45) is 2.02. The van der Waals surface area contributed by atoms with Gasteiger partial charge in [-0.05, 0) is 54.8 Å². The predicted octanol–water partition coefficient (Wildman–Crippen LogP) is 4.24. The zero-order valence-electron chi connectivity index (χ0n) is 17.0. The van der Waals surface area contributed by atoms with Crippen LogP contribution in [0.4, 0.5) is 11.4 Å². The maximum atomic E-state index is 13.2. The largest absolute Gasteiger partial charge is 0.305 e. The van der Waals surface area contributed by atoms with E-state index < -0.39 is 10.0 Å². The van der Waals surface area contributed by atoms with Crippen molar-refractivity contribution in [2.75, 3.05) is 15.5 Å². The number of nitrogens with zero attached hydrogens (tertiary/aromatic N) is 2. The van der Waals surface area contributed by atoms with E-state index in [1.54, 1.807) is 24.3 Å². The third kappa shape index (κ3) is 3.96. The second-order valence-corrected chi connectivity index (χ2v) is 9.57. The lowest BCUT2D eigenvalue weighted by Gasteiger charge is -2.24. The number of carbonyl (C=O) groups is 1. The molecule has 5 nitrogen and oxygen atoms in total. The van der Waals surface area contributed by atoms with Crippen molar-refractivity contribution in [3.8, 4) is 0 Å². The summed E-state index contributed by atoms with van der Waals surface area (Å²) in [5, 5.41) is 0. The Hall–Kier alpha value is -3.12. The van der Waals surface area contributed by atoms with E-state index in [4.69, 9.17) is 0 Å². The molecular formula is C24H24N2O3S. The molecule has 30 heavy (non-hydrogen) atoms. The summed E-state index contributed by atoms with van der Waals surface area (Å²) in [6, 6.07) is 24.3. The molecule has 0 aliphatic carbocycles. The highest BCUT2D eigenvalue weighted by Crippen LogP contribution is 2.33. The average molecular weight is 421 g/mol. The Morgan fingerprint density at radius 1 is 0.967 bits per heavy atom. The maximum Gasteiger partial charge on any atom is 0.258 e. The van der Waals surface area contributed by atoms with Crippen LogP contribution in [0.3, 0.4) is 0 Å². The summed E-state index contributed by atoms with van der Waals surface area (Å²) in [6.45, 7) is 2.28. The standard InChI is InChI=1S/C24H24N2O3S/c1-18-16-21-10-6-7-11-23(21)26(18)24(27)20-12-14-22(15-13-20)25(30(2,28)29)17-19-8-4-3-5-9-19/h3-15,18H,16-17H2,1-2H3/t18-/m1/s1. The number of hydrogen-bond donors (Lipinski definition) is 0. The summed E-state index contributed by atoms with van der Waals surface area (Å²) >= 11 is 0. The number of para-hydroxylation sites is 1. The molecule has 154 valence electrons. The Balaban J connectivity index is 1.61. The van der Waals surface area contributed by atoms with E-state index in [2.05, 4.69) is 6.07 Å². The maximum absolute atomic E-state index is 13.2. The van der Waals surface area contributed by atoms with Gasteiger partial charge in [-0.25, -0.2) is 8.42 Å². The second kappa shape index (κ2) is 7.95. The first-order chi connectivity index (χ1) is 14.3. The lowest BCUT2D eigenvalue weighted by Crippen LogP contribution is -2.35. The predicted molar refractivity (Wildman–Crippen MR) is 120 cm³/mol. The normalized spacial score (nSPS) is 15.7. The number of sulfonamides is 1. The fraction of sp³-hybridized carbons (Fsp3) is 0.208. The van der Waals surface area contributed by atoms with E-state index in [1.165, 1.54) is 16.1 Å². The lowest BCUT2D eigenvalue weighted by molar-refractivity contribution is 0.0981. The molecule has 0 unspecified atom stereocenters. The highest BCUT2D eigenvalue weighted by atomic mass is 32.2. The van der Waals surface area contributed by atoms with Gasteiger partial charge in [0.15, 0.2) is 0 Å². The average Bonchev–Trinajstić information content (AvgIpc) is 3.07. The highest BCUT2D eigenvalue weighted by molar-refractivity contribution is 7.92. The van der Waals surface area contributed by atoms with Crippen LogP contribution in [0.25, 0.3) is 0 Å². The number of benzene rings is 3. The van der Waals surface area contributed by atoms with Crippen molar-refractivity contribution in [1.29, 1.82) is 0 Å². The molecule has 6 heteroatoms. The first-order valence-corrected chi connectivity index (χ1v) is 11.7. The summed E-state index contributed by atoms with van der Waals surface area (Å²) in [5.41, 5.74) is 4.08. The van der Waals surface area contributed by atoms with Gasteiger partial charge >= 0.3 is 0 Å². The van der Waals surface area contributed by atoms with E-state index in [0.29, 0.717) is 11.3 Å². The van der Waals surface area contributed by atoms with Gasteiger partial charge in [0.25, 0.3) is 5.91 Å². The molecule has 1 heterocycles. The van der Waals surface area contributed by atoms with Crippen molar-refractivity contribution in [3.63, 3.8) is 0 Å². The zero-order valence-corrected chi connectivity index (χ0v) is 17.8. The van der Waals surface area contributed by atoms with Crippen molar-refractivity contribution in [2.45, 2.75) is 25.9 Å². The van der Waals surface area contributed by atoms with E-state index >= 15 is 0 Å². The molecule has 1 amide bonds. The molecular weight excluding hydrogens is 396 g/mol. The van der Waals surface area contributed by atoms with Gasteiger partial charge in [0.2, 0.25) is 10.0 Å². The zero-order chi connectivity index (χ0) is 21.3. The molecule has 3 aromatic carbocycles. The van der Waals surface area contributed by atoms with Crippen LogP contribution in [-0.4, -0.2) is 26.6 Å². The quantitative estimate of drug-likeness (QED) is 0.620. The molecule has 4 rings (SSSR count). The number of amides is 1. The minimum absolute atomic E-state index is 0.0760. The van der Waals surface area contributed by atoms with Crippen LogP contribution in [0.2, 0.25) is 0 Å². The highest BCUT2D eigenvalue weighted by Gasteiger charge is 2.31. The van der Waals surface area contributed by atoms with Gasteiger partial charge in [-0.3, -0.25) is 9.10 Å². The SMILES string of the molecule is C[C@@H]1Cc2ccccc2N1C(=O)c1ccc(N(Cc2ccccc2)S(C)(=O)=O)cc1. The Labute approximate surface area is 177 Å². The van der Waals surface area contributed by atoms with E-state index in [-0.39, 0.29) is 18.5 Å². The van der Waals surface area contributed by atoms with Gasteiger partial charge in [-0.2, -0.15) is 0 Å². The van der Waals surface area contributed by atoms with Crippen molar-refractivity contribution < 1.29 is 13.2 Å². The van der Waals surface area contributed by atoms with E-state index in [9.17, 15) is 13.2 Å². The second-order valence-electron chi connectivity index (χ2n) is 7.66. The number of carbonyl (C=O) groups excluding carboxylic acids is 1. The van der Waals surface area contributed by atoms with Crippen LogP contribution < -0.4 is 9.21 Å². The summed E-state index contributed by atoms with van der Waals surface area (Å²) < 4.78 is 26.1. The smallest absolute Gasteiger partial charge is 0.258 e. The van der Waals surface area contributed by atoms with Crippen LogP contribution in [0.15, 0.2) is 78.9 Å². The molecule has 0 bridgehead atoms. The molecule has 1 atom stereocenters. The Bertz CT molecular complexity index is 1160. The molecule has 0 spiro atoms. The minimum atomic E-state index is -3.48. The molecule has 0 saturated heterocycles. The van der Waals surface area contributed by atoms with Crippen LogP contribution in [0.1, 0.15) is 28.4 Å². The monoisotopic (exact) mass is 420 g/mol. The Morgan fingerprint density at radius 3 is 2.27 bits per heavy atom. The van der Waals surface area contributed by atoms with Crippen molar-refractivity contribution in [1.82, 2.24) is 0 Å². The van der Waals surface area contributed by atoms with E-state index in [1.807, 2.05) is 60.4 Å². The number of rotatable bonds is 5. The van der Waals surface area contributed by atoms with Crippen molar-refractivity contribution >= 4 is 27.3 Å². The van der Waals surface area contributed by atoms with Gasteiger partial charge < -0.3 is 4.90 Å². The van der Waals surface area contributed by atoms with Crippen molar-refractivity contribution in [3.05, 3.63) is 95.6 Å². The van der Waals surface area contributed by atoms with Crippen molar-refractivity contribution in [2.24, 2.45) is 0 Å². The van der Waals surface area contributed by atoms with Crippen LogP contribution in [0.5, 0.6) is 0 Å². The lowest BCUT2D eigenvalue weighted by atomic mass is 10.1. The van der Waals surface area contributed by atoms with Gasteiger partial charge in [0.05, 0.1) is 18.5 Å². The molecule has 3 aromatic rings. The van der Waals surface area contributed by atoms with Gasteiger partial charge in [-0.1, -0.05) is 48.5 Å². The number of anilines is 2. The Kier molecular flexibility index (Phi) is 5.35. The number of fused-ring (bicyclic) bond motifs is 1. The van der Waals surface area contributed by atoms with Crippen LogP contribution >= 0.6 is 0 Å². The van der Waals surface area contributed by atoms with E-state index in [0.717, 1.165) is 17.7 Å². The molecule has 0 fully saturated rings. The minimum Gasteiger partial charge on any atom is -0.305 e. The molecule has 0 N–H and O–H groups in total. The molecule has 0 aromatic heterocycles. The van der Waals surface area contributed by atoms with Gasteiger partial charge in [-0.15, -0.1) is 0 Å². The molecule has 0 radical (unpaired) electrons. The summed E-state index contributed by atoms with van der Waals surface area (Å²) in [7, 11) is -3.48. The summed E-state index contributed by atoms with van der Waals surface area (Å²) in [4.78, 5) is 15.0. The molecule has 1 aliphatic rings. The first kappa shape index (κ1) is 20.2. The fourth-order valence-corrected chi connectivity index (χ4v) is 4.82. The van der Waals surface area contributed by atoms with Crippen LogP contribution in [-0.2, 0) is 23.0 Å². The Morgan fingerprint density at radius 2 is 1.60 bits per heavy atom. The van der Waals surface area contributed by atoms with Gasteiger partial charge in [0.1, 0.15) is 0 Å². The van der Waals surface area contributed by atoms with Crippen LogP contribution in [0, 0.1) is 0 Å². The first-order valence-electron chi connectivity index (χ1n) is 9.88. The number of hydrogen-bond acceptors (Lipinski definition) is 3. The third-order valence-electron chi connectivity index (χ3n) is 5.40.